The van der Waals surface area contributed by atoms with Gasteiger partial charge in [0.2, 0.25) is 11.1 Å². The minimum Gasteiger partial charge on any atom is -0.383 e. The van der Waals surface area contributed by atoms with Gasteiger partial charge in [-0.05, 0) is 24.6 Å². The van der Waals surface area contributed by atoms with E-state index in [2.05, 4.69) is 20.9 Å². The molecule has 7 nitrogen and oxygen atoms in total. The Morgan fingerprint density at radius 1 is 1.42 bits per heavy atom. The molecule has 24 heavy (non-hydrogen) atoms. The summed E-state index contributed by atoms with van der Waals surface area (Å²) in [5.41, 5.74) is 4.07. The van der Waals surface area contributed by atoms with Gasteiger partial charge in [-0.25, -0.2) is 9.07 Å². The average molecular weight is 351 g/mol. The summed E-state index contributed by atoms with van der Waals surface area (Å²) in [5, 5.41) is 11.1. The van der Waals surface area contributed by atoms with Crippen molar-refractivity contribution in [3.63, 3.8) is 0 Å². The van der Waals surface area contributed by atoms with Gasteiger partial charge < -0.3 is 15.5 Å². The summed E-state index contributed by atoms with van der Waals surface area (Å²) in [7, 11) is 1.58. The lowest BCUT2D eigenvalue weighted by molar-refractivity contribution is -0.121. The number of nitrogens with zero attached hydrogens (tertiary/aromatic N) is 3. The highest BCUT2D eigenvalue weighted by molar-refractivity contribution is 8.00. The summed E-state index contributed by atoms with van der Waals surface area (Å²) in [4.78, 5) is 12.6. The fourth-order valence-corrected chi connectivity index (χ4v) is 3.61. The Balaban J connectivity index is 1.87. The largest absolute Gasteiger partial charge is 0.383 e. The number of aryl methyl sites for hydroxylation is 1. The molecule has 3 rings (SSSR count). The van der Waals surface area contributed by atoms with Crippen molar-refractivity contribution in [1.29, 1.82) is 0 Å². The lowest BCUT2D eigenvalue weighted by Gasteiger charge is -2.32. The summed E-state index contributed by atoms with van der Waals surface area (Å²) in [5.74, 6) is 0.248. The molecule has 0 fully saturated rings. The molecule has 0 aliphatic carbocycles. The van der Waals surface area contributed by atoms with Gasteiger partial charge >= 0.3 is 0 Å². The Kier molecular flexibility index (Phi) is 5.00. The van der Waals surface area contributed by atoms with Crippen LogP contribution in [0.3, 0.4) is 0 Å². The summed E-state index contributed by atoms with van der Waals surface area (Å²) in [6.45, 7) is 2.69. The maximum absolute atomic E-state index is 13.2. The van der Waals surface area contributed by atoms with E-state index in [1.165, 1.54) is 23.9 Å². The van der Waals surface area contributed by atoms with Gasteiger partial charge in [-0.1, -0.05) is 23.9 Å². The predicted octanol–water partition coefficient (Wildman–Crippen LogP) is 1.25. The van der Waals surface area contributed by atoms with E-state index in [0.717, 1.165) is 5.56 Å². The standard InChI is InChI=1S/C15H18FN5O2S/c1-9-18-19-15-21(9)20-12(10-3-5-11(16)6-4-10)13(24-15)14(22)17-7-8-23-2/h3-6,12-13,20H,7-8H2,1-2H3,(H,17,22)/t12-,13-/m1/s1. The molecule has 1 aliphatic heterocycles. The van der Waals surface area contributed by atoms with Gasteiger partial charge in [-0.2, -0.15) is 0 Å². The molecule has 2 atom stereocenters. The van der Waals surface area contributed by atoms with Crippen LogP contribution >= 0.6 is 11.8 Å². The molecule has 2 N–H and O–H groups in total. The van der Waals surface area contributed by atoms with Gasteiger partial charge in [-0.3, -0.25) is 4.79 Å². The minimum atomic E-state index is -0.455. The molecule has 1 aliphatic rings. The van der Waals surface area contributed by atoms with Gasteiger partial charge in [0.25, 0.3) is 0 Å². The molecule has 0 unspecified atom stereocenters. The smallest absolute Gasteiger partial charge is 0.236 e. The van der Waals surface area contributed by atoms with E-state index in [0.29, 0.717) is 24.1 Å². The number of carbonyl (C=O) groups excluding carboxylic acids is 1. The highest BCUT2D eigenvalue weighted by atomic mass is 32.2. The lowest BCUT2D eigenvalue weighted by atomic mass is 10.0. The van der Waals surface area contributed by atoms with E-state index in [4.69, 9.17) is 4.74 Å². The Labute approximate surface area is 142 Å². The maximum atomic E-state index is 13.2. The van der Waals surface area contributed by atoms with Gasteiger partial charge in [0.15, 0.2) is 0 Å². The molecular formula is C15H18FN5O2S. The number of ether oxygens (including phenoxy) is 1. The van der Waals surface area contributed by atoms with Gasteiger partial charge in [0.05, 0.1) is 12.6 Å². The third-order valence-corrected chi connectivity index (χ3v) is 4.91. The van der Waals surface area contributed by atoms with E-state index < -0.39 is 5.25 Å². The topological polar surface area (TPSA) is 81.1 Å². The molecule has 1 aromatic carbocycles. The Bertz CT molecular complexity index is 721. The number of hydrogen-bond donors (Lipinski definition) is 2. The van der Waals surface area contributed by atoms with Crippen LogP contribution < -0.4 is 10.7 Å². The van der Waals surface area contributed by atoms with Crippen molar-refractivity contribution in [1.82, 2.24) is 20.2 Å². The number of rotatable bonds is 5. The van der Waals surface area contributed by atoms with Crippen LogP contribution in [0.5, 0.6) is 0 Å². The first kappa shape index (κ1) is 16.7. The van der Waals surface area contributed by atoms with Crippen LogP contribution in [0.15, 0.2) is 29.4 Å². The van der Waals surface area contributed by atoms with Crippen molar-refractivity contribution in [2.24, 2.45) is 0 Å². The lowest BCUT2D eigenvalue weighted by Crippen LogP contribution is -2.44. The molecule has 9 heteroatoms. The van der Waals surface area contributed by atoms with Crippen LogP contribution in [0.1, 0.15) is 17.4 Å². The zero-order chi connectivity index (χ0) is 17.1. The molecule has 0 bridgehead atoms. The number of hydrogen-bond acceptors (Lipinski definition) is 6. The van der Waals surface area contributed by atoms with Gasteiger partial charge in [-0.15, -0.1) is 10.2 Å². The number of thioether (sulfide) groups is 1. The van der Waals surface area contributed by atoms with E-state index in [-0.39, 0.29) is 17.8 Å². The highest BCUT2D eigenvalue weighted by Crippen LogP contribution is 2.36. The molecule has 1 amide bonds. The van der Waals surface area contributed by atoms with Crippen molar-refractivity contribution >= 4 is 17.7 Å². The van der Waals surface area contributed by atoms with Crippen LogP contribution in [0.2, 0.25) is 0 Å². The van der Waals surface area contributed by atoms with Gasteiger partial charge in [0.1, 0.15) is 16.9 Å². The fraction of sp³-hybridized carbons (Fsp3) is 0.400. The first-order chi connectivity index (χ1) is 11.6. The molecule has 1 aromatic heterocycles. The van der Waals surface area contributed by atoms with E-state index >= 15 is 0 Å². The molecule has 2 aromatic rings. The van der Waals surface area contributed by atoms with Crippen LogP contribution in [0.25, 0.3) is 0 Å². The van der Waals surface area contributed by atoms with Crippen molar-refractivity contribution in [3.05, 3.63) is 41.5 Å². The number of methoxy groups -OCH3 is 1. The third kappa shape index (κ3) is 3.36. The highest BCUT2D eigenvalue weighted by Gasteiger charge is 2.37. The Morgan fingerprint density at radius 2 is 2.17 bits per heavy atom. The summed E-state index contributed by atoms with van der Waals surface area (Å²) >= 11 is 1.33. The molecule has 128 valence electrons. The summed E-state index contributed by atoms with van der Waals surface area (Å²) < 4.78 is 19.9. The van der Waals surface area contributed by atoms with Crippen LogP contribution in [-0.4, -0.2) is 46.3 Å². The Hall–Kier alpha value is -2.13. The normalized spacial score (nSPS) is 19.5. The number of halogens is 1. The van der Waals surface area contributed by atoms with Crippen molar-refractivity contribution in [3.8, 4) is 0 Å². The monoisotopic (exact) mass is 351 g/mol. The van der Waals surface area contributed by atoms with Crippen molar-refractivity contribution in [2.75, 3.05) is 25.7 Å². The fourth-order valence-electron chi connectivity index (χ4n) is 2.46. The number of nitrogens with one attached hydrogen (secondary N) is 2. The first-order valence-corrected chi connectivity index (χ1v) is 8.35. The number of fused-ring (bicyclic) bond motifs is 1. The zero-order valence-electron chi connectivity index (χ0n) is 13.3. The average Bonchev–Trinajstić information content (AvgIpc) is 2.95. The quantitative estimate of drug-likeness (QED) is 0.789. The number of carbonyl (C=O) groups is 1. The predicted molar refractivity (Wildman–Crippen MR) is 87.8 cm³/mol. The van der Waals surface area contributed by atoms with Crippen molar-refractivity contribution in [2.45, 2.75) is 23.4 Å². The summed E-state index contributed by atoms with van der Waals surface area (Å²) in [6, 6.07) is 5.79. The summed E-state index contributed by atoms with van der Waals surface area (Å²) in [6.07, 6.45) is 0. The van der Waals surface area contributed by atoms with Crippen LogP contribution in [-0.2, 0) is 9.53 Å². The number of benzene rings is 1. The molecule has 0 saturated heterocycles. The maximum Gasteiger partial charge on any atom is 0.236 e. The van der Waals surface area contributed by atoms with Gasteiger partial charge in [0, 0.05) is 13.7 Å². The second-order valence-electron chi connectivity index (χ2n) is 5.35. The van der Waals surface area contributed by atoms with Crippen molar-refractivity contribution < 1.29 is 13.9 Å². The molecule has 0 saturated carbocycles. The second kappa shape index (κ2) is 7.18. The molecule has 2 heterocycles. The number of amides is 1. The zero-order valence-corrected chi connectivity index (χ0v) is 14.1. The van der Waals surface area contributed by atoms with E-state index in [9.17, 15) is 9.18 Å². The third-order valence-electron chi connectivity index (χ3n) is 3.69. The first-order valence-electron chi connectivity index (χ1n) is 7.47. The molecular weight excluding hydrogens is 333 g/mol. The van der Waals surface area contributed by atoms with E-state index in [1.54, 1.807) is 23.9 Å². The van der Waals surface area contributed by atoms with Crippen LogP contribution in [0.4, 0.5) is 4.39 Å². The van der Waals surface area contributed by atoms with Crippen LogP contribution in [0, 0.1) is 12.7 Å². The second-order valence-corrected chi connectivity index (χ2v) is 6.45. The Morgan fingerprint density at radius 3 is 2.88 bits per heavy atom. The minimum absolute atomic E-state index is 0.134. The SMILES string of the molecule is COCCNC(=O)[C@@H]1Sc2nnc(C)n2N[C@@H]1c1ccc(F)cc1. The molecule has 0 spiro atoms. The number of aromatic nitrogens is 3. The van der Waals surface area contributed by atoms with E-state index in [1.807, 2.05) is 6.92 Å². The molecule has 0 radical (unpaired) electrons.